The van der Waals surface area contributed by atoms with E-state index in [1.54, 1.807) is 23.1 Å². The average molecular weight is 419 g/mol. The quantitative estimate of drug-likeness (QED) is 0.821. The summed E-state index contributed by atoms with van der Waals surface area (Å²) in [6, 6.07) is 14.8. The highest BCUT2D eigenvalue weighted by Gasteiger charge is 2.49. The average Bonchev–Trinajstić information content (AvgIpc) is 3.35. The Labute approximate surface area is 181 Å². The molecule has 3 aliphatic rings. The second-order valence-corrected chi connectivity index (χ2v) is 8.50. The zero-order chi connectivity index (χ0) is 21.4. The summed E-state index contributed by atoms with van der Waals surface area (Å²) in [6.07, 6.45) is 3.51. The zero-order valence-electron chi connectivity index (χ0n) is 17.5. The monoisotopic (exact) mass is 419 g/mol. The number of ether oxygens (including phenoxy) is 2. The fourth-order valence-electron chi connectivity index (χ4n) is 4.56. The maximum atomic E-state index is 13.4. The minimum absolute atomic E-state index is 0.0402. The first-order valence-electron chi connectivity index (χ1n) is 10.7. The van der Waals surface area contributed by atoms with Gasteiger partial charge in [-0.1, -0.05) is 37.3 Å². The van der Waals surface area contributed by atoms with E-state index in [1.807, 2.05) is 30.3 Å². The number of benzene rings is 2. The Bertz CT molecular complexity index is 1040. The summed E-state index contributed by atoms with van der Waals surface area (Å²) in [4.78, 5) is 32.9. The van der Waals surface area contributed by atoms with E-state index < -0.39 is 5.66 Å². The summed E-state index contributed by atoms with van der Waals surface area (Å²) < 4.78 is 10.7. The molecule has 0 saturated heterocycles. The van der Waals surface area contributed by atoms with Gasteiger partial charge in [-0.05, 0) is 43.7 Å². The lowest BCUT2D eigenvalue weighted by Crippen LogP contribution is -2.51. The molecule has 7 nitrogen and oxygen atoms in total. The first-order chi connectivity index (χ1) is 15.0. The van der Waals surface area contributed by atoms with Crippen molar-refractivity contribution in [3.8, 4) is 11.5 Å². The molecular formula is C24H25N3O4. The highest BCUT2D eigenvalue weighted by atomic mass is 16.7. The Morgan fingerprint density at radius 3 is 2.65 bits per heavy atom. The second kappa shape index (κ2) is 7.72. The fourth-order valence-corrected chi connectivity index (χ4v) is 4.56. The number of fused-ring (bicyclic) bond motifs is 1. The van der Waals surface area contributed by atoms with Gasteiger partial charge in [0.25, 0.3) is 5.91 Å². The van der Waals surface area contributed by atoms with Gasteiger partial charge in [-0.3, -0.25) is 14.6 Å². The van der Waals surface area contributed by atoms with Crippen molar-refractivity contribution in [1.82, 2.24) is 4.90 Å². The molecule has 7 heteroatoms. The summed E-state index contributed by atoms with van der Waals surface area (Å²) >= 11 is 0. The van der Waals surface area contributed by atoms with E-state index in [1.165, 1.54) is 0 Å². The topological polar surface area (TPSA) is 80.2 Å². The molecule has 1 fully saturated rings. The molecular weight excluding hydrogens is 394 g/mol. The van der Waals surface area contributed by atoms with E-state index in [9.17, 15) is 9.59 Å². The van der Waals surface area contributed by atoms with Crippen LogP contribution in [0.5, 0.6) is 11.5 Å². The number of hydrogen-bond acceptors (Lipinski definition) is 5. The molecule has 1 spiro atoms. The molecule has 1 N–H and O–H groups in total. The number of nitrogens with one attached hydrogen (secondary N) is 1. The summed E-state index contributed by atoms with van der Waals surface area (Å²) in [5.41, 5.74) is 1.22. The van der Waals surface area contributed by atoms with Crippen LogP contribution in [0.3, 0.4) is 0 Å². The number of anilines is 1. The largest absolute Gasteiger partial charge is 0.454 e. The van der Waals surface area contributed by atoms with Crippen LogP contribution >= 0.6 is 0 Å². The van der Waals surface area contributed by atoms with Crippen LogP contribution in [0.15, 0.2) is 53.5 Å². The molecule has 160 valence electrons. The van der Waals surface area contributed by atoms with Crippen LogP contribution in [0.2, 0.25) is 0 Å². The Balaban J connectivity index is 1.37. The van der Waals surface area contributed by atoms with Crippen molar-refractivity contribution in [3.63, 3.8) is 0 Å². The first kappa shape index (κ1) is 19.6. The molecule has 0 aromatic heterocycles. The first-order valence-corrected chi connectivity index (χ1v) is 10.7. The van der Waals surface area contributed by atoms with Gasteiger partial charge in [0.05, 0.1) is 0 Å². The Hall–Kier alpha value is -3.35. The van der Waals surface area contributed by atoms with Crippen molar-refractivity contribution >= 4 is 23.2 Å². The molecule has 1 aliphatic carbocycles. The van der Waals surface area contributed by atoms with Crippen molar-refractivity contribution in [2.24, 2.45) is 10.9 Å². The van der Waals surface area contributed by atoms with Crippen LogP contribution in [0, 0.1) is 5.92 Å². The summed E-state index contributed by atoms with van der Waals surface area (Å²) in [7, 11) is 0. The van der Waals surface area contributed by atoms with Crippen LogP contribution in [0.4, 0.5) is 5.69 Å². The Kier molecular flexibility index (Phi) is 4.88. The predicted molar refractivity (Wildman–Crippen MR) is 116 cm³/mol. The van der Waals surface area contributed by atoms with Gasteiger partial charge in [-0.25, -0.2) is 0 Å². The van der Waals surface area contributed by atoms with Crippen molar-refractivity contribution in [2.45, 2.75) is 38.3 Å². The lowest BCUT2D eigenvalue weighted by Gasteiger charge is -2.40. The Morgan fingerprint density at radius 1 is 1.13 bits per heavy atom. The van der Waals surface area contributed by atoms with Crippen molar-refractivity contribution < 1.29 is 19.1 Å². The van der Waals surface area contributed by atoms with Gasteiger partial charge in [0.15, 0.2) is 11.5 Å². The third-order valence-electron chi connectivity index (χ3n) is 6.35. The van der Waals surface area contributed by atoms with Crippen LogP contribution in [-0.2, 0) is 9.59 Å². The standard InChI is InChI=1S/C24H25N3O4/c1-16-9-11-24(12-10-16)26-22(17-5-3-2-4-6-17)23(29)27(24)14-21(28)25-18-7-8-19-20(13-18)31-15-30-19/h2-8,13,16H,9-12,14-15H2,1H3,(H,25,28). The minimum Gasteiger partial charge on any atom is -0.454 e. The van der Waals surface area contributed by atoms with Gasteiger partial charge in [-0.15, -0.1) is 0 Å². The lowest BCUT2D eigenvalue weighted by atomic mass is 9.82. The van der Waals surface area contributed by atoms with E-state index in [2.05, 4.69) is 12.2 Å². The fraction of sp³-hybridized carbons (Fsp3) is 0.375. The number of carbonyl (C=O) groups is 2. The van der Waals surface area contributed by atoms with Gasteiger partial charge in [0, 0.05) is 17.3 Å². The van der Waals surface area contributed by atoms with Gasteiger partial charge in [0.2, 0.25) is 12.7 Å². The minimum atomic E-state index is -0.638. The molecule has 5 rings (SSSR count). The number of rotatable bonds is 4. The molecule has 2 aromatic carbocycles. The van der Waals surface area contributed by atoms with Crippen LogP contribution < -0.4 is 14.8 Å². The van der Waals surface area contributed by atoms with Gasteiger partial charge in [-0.2, -0.15) is 0 Å². The molecule has 0 atom stereocenters. The molecule has 2 heterocycles. The summed E-state index contributed by atoms with van der Waals surface area (Å²) in [5, 5.41) is 2.89. The highest BCUT2D eigenvalue weighted by Crippen LogP contribution is 2.41. The van der Waals surface area contributed by atoms with Crippen LogP contribution in [0.25, 0.3) is 0 Å². The molecule has 0 bridgehead atoms. The van der Waals surface area contributed by atoms with E-state index >= 15 is 0 Å². The number of aliphatic imine (C=N–C) groups is 1. The highest BCUT2D eigenvalue weighted by molar-refractivity contribution is 6.47. The second-order valence-electron chi connectivity index (χ2n) is 8.50. The van der Waals surface area contributed by atoms with Gasteiger partial charge in [0.1, 0.15) is 17.9 Å². The number of amides is 2. The van der Waals surface area contributed by atoms with E-state index in [0.29, 0.717) is 28.8 Å². The van der Waals surface area contributed by atoms with E-state index in [4.69, 9.17) is 14.5 Å². The van der Waals surface area contributed by atoms with Crippen LogP contribution in [0.1, 0.15) is 38.2 Å². The smallest absolute Gasteiger partial charge is 0.275 e. The molecule has 31 heavy (non-hydrogen) atoms. The number of nitrogens with zero attached hydrogens (tertiary/aromatic N) is 2. The van der Waals surface area contributed by atoms with Gasteiger partial charge >= 0.3 is 0 Å². The predicted octanol–water partition coefficient (Wildman–Crippen LogP) is 3.59. The number of hydrogen-bond donors (Lipinski definition) is 1. The Morgan fingerprint density at radius 2 is 1.87 bits per heavy atom. The number of carbonyl (C=O) groups excluding carboxylic acids is 2. The summed E-state index contributed by atoms with van der Waals surface area (Å²) in [5.74, 6) is 1.42. The third kappa shape index (κ3) is 3.65. The summed E-state index contributed by atoms with van der Waals surface area (Å²) in [6.45, 7) is 2.36. The van der Waals surface area contributed by atoms with Crippen molar-refractivity contribution in [1.29, 1.82) is 0 Å². The molecule has 1 saturated carbocycles. The lowest BCUT2D eigenvalue weighted by molar-refractivity contribution is -0.134. The van der Waals surface area contributed by atoms with Crippen LogP contribution in [-0.4, -0.2) is 41.4 Å². The molecule has 0 unspecified atom stereocenters. The van der Waals surface area contributed by atoms with Crippen molar-refractivity contribution in [3.05, 3.63) is 54.1 Å². The maximum absolute atomic E-state index is 13.4. The van der Waals surface area contributed by atoms with Crippen molar-refractivity contribution in [2.75, 3.05) is 18.7 Å². The van der Waals surface area contributed by atoms with Gasteiger partial charge < -0.3 is 19.7 Å². The molecule has 2 aromatic rings. The molecule has 0 radical (unpaired) electrons. The SMILES string of the molecule is CC1CCC2(CC1)N=C(c1ccccc1)C(=O)N2CC(=O)Nc1ccc2c(c1)OCO2. The maximum Gasteiger partial charge on any atom is 0.275 e. The van der Waals surface area contributed by atoms with E-state index in [0.717, 1.165) is 31.2 Å². The zero-order valence-corrected chi connectivity index (χ0v) is 17.5. The normalized spacial score (nSPS) is 24.4. The van der Waals surface area contributed by atoms with E-state index in [-0.39, 0.29) is 25.2 Å². The third-order valence-corrected chi connectivity index (χ3v) is 6.35. The molecule has 2 amide bonds. The molecule has 2 aliphatic heterocycles.